The van der Waals surface area contributed by atoms with Gasteiger partial charge >= 0.3 is 0 Å². The van der Waals surface area contributed by atoms with E-state index in [2.05, 4.69) is 10.5 Å². The highest BCUT2D eigenvalue weighted by Crippen LogP contribution is 2.28. The minimum absolute atomic E-state index is 0.106. The fraction of sp³-hybridized carbons (Fsp3) is 0.0769. The molecule has 0 spiro atoms. The Labute approximate surface area is 200 Å². The fourth-order valence-corrected chi connectivity index (χ4v) is 3.72. The molecule has 0 aliphatic rings. The van der Waals surface area contributed by atoms with Gasteiger partial charge in [0.15, 0.2) is 0 Å². The average molecular weight is 474 g/mol. The van der Waals surface area contributed by atoms with Crippen LogP contribution in [0, 0.1) is 10.1 Å². The van der Waals surface area contributed by atoms with Crippen molar-refractivity contribution in [3.05, 3.63) is 117 Å². The zero-order valence-electron chi connectivity index (χ0n) is 18.0. The second-order valence-corrected chi connectivity index (χ2v) is 7.84. The molecule has 4 aromatic carbocycles. The highest BCUT2D eigenvalue weighted by Gasteiger charge is 2.15. The molecule has 0 aliphatic carbocycles. The maximum atomic E-state index is 12.4. The summed E-state index contributed by atoms with van der Waals surface area (Å²) in [6, 6.07) is 25.1. The second-order valence-electron chi connectivity index (χ2n) is 7.43. The number of ether oxygens (including phenoxy) is 1. The number of rotatable bonds is 8. The summed E-state index contributed by atoms with van der Waals surface area (Å²) in [5.74, 6) is 0.111. The third-order valence-electron chi connectivity index (χ3n) is 5.19. The van der Waals surface area contributed by atoms with E-state index >= 15 is 0 Å². The van der Waals surface area contributed by atoms with Crippen LogP contribution in [0.4, 0.5) is 5.69 Å². The van der Waals surface area contributed by atoms with Gasteiger partial charge < -0.3 is 4.74 Å². The molecular formula is C26H20ClN3O4. The Balaban J connectivity index is 1.54. The number of carbonyl (C=O) groups is 1. The maximum absolute atomic E-state index is 12.4. The molecule has 0 unspecified atom stereocenters. The topological polar surface area (TPSA) is 93.8 Å². The summed E-state index contributed by atoms with van der Waals surface area (Å²) < 4.78 is 6.04. The van der Waals surface area contributed by atoms with Gasteiger partial charge in [-0.15, -0.1) is 0 Å². The molecular weight excluding hydrogens is 454 g/mol. The number of nitrogens with one attached hydrogen (secondary N) is 1. The molecule has 0 bridgehead atoms. The molecule has 0 heterocycles. The first-order valence-corrected chi connectivity index (χ1v) is 10.8. The van der Waals surface area contributed by atoms with E-state index in [9.17, 15) is 14.9 Å². The van der Waals surface area contributed by atoms with Gasteiger partial charge in [-0.25, -0.2) is 5.43 Å². The van der Waals surface area contributed by atoms with Crippen molar-refractivity contribution in [2.75, 3.05) is 0 Å². The summed E-state index contributed by atoms with van der Waals surface area (Å²) in [5.41, 5.74) is 4.20. The van der Waals surface area contributed by atoms with Crippen LogP contribution in [0.3, 0.4) is 0 Å². The predicted octanol–water partition coefficient (Wildman–Crippen LogP) is 5.67. The molecule has 0 radical (unpaired) electrons. The zero-order valence-corrected chi connectivity index (χ0v) is 18.7. The van der Waals surface area contributed by atoms with Crippen LogP contribution < -0.4 is 10.2 Å². The van der Waals surface area contributed by atoms with Crippen LogP contribution in [0.1, 0.15) is 16.7 Å². The lowest BCUT2D eigenvalue weighted by Gasteiger charge is -2.12. The summed E-state index contributed by atoms with van der Waals surface area (Å²) in [7, 11) is 0. The van der Waals surface area contributed by atoms with E-state index < -0.39 is 10.8 Å². The van der Waals surface area contributed by atoms with Crippen LogP contribution >= 0.6 is 11.6 Å². The first kappa shape index (κ1) is 22.9. The lowest BCUT2D eigenvalue weighted by Crippen LogP contribution is -2.20. The van der Waals surface area contributed by atoms with E-state index in [-0.39, 0.29) is 18.7 Å². The van der Waals surface area contributed by atoms with Crippen LogP contribution in [-0.4, -0.2) is 17.0 Å². The Kier molecular flexibility index (Phi) is 7.15. The Bertz CT molecular complexity index is 1390. The third kappa shape index (κ3) is 5.39. The summed E-state index contributed by atoms with van der Waals surface area (Å²) in [6.45, 7) is 0.267. The molecule has 8 heteroatoms. The first-order chi connectivity index (χ1) is 16.5. The van der Waals surface area contributed by atoms with Crippen LogP contribution in [0.25, 0.3) is 10.8 Å². The Morgan fingerprint density at radius 1 is 0.971 bits per heavy atom. The van der Waals surface area contributed by atoms with Crippen LogP contribution in [0.2, 0.25) is 5.02 Å². The molecule has 4 rings (SSSR count). The molecule has 0 atom stereocenters. The number of amides is 1. The molecule has 1 amide bonds. The number of nitrogens with zero attached hydrogens (tertiary/aromatic N) is 2. The predicted molar refractivity (Wildman–Crippen MR) is 132 cm³/mol. The van der Waals surface area contributed by atoms with Gasteiger partial charge in [-0.05, 0) is 22.9 Å². The van der Waals surface area contributed by atoms with Crippen LogP contribution in [0.15, 0.2) is 90.0 Å². The Hall–Kier alpha value is -4.23. The number of nitro groups is 1. The number of halogens is 1. The van der Waals surface area contributed by atoms with E-state index in [1.54, 1.807) is 24.3 Å². The number of hydrazone groups is 1. The Morgan fingerprint density at radius 2 is 1.68 bits per heavy atom. The Morgan fingerprint density at radius 3 is 2.47 bits per heavy atom. The molecule has 4 aromatic rings. The van der Waals surface area contributed by atoms with Crippen molar-refractivity contribution in [1.29, 1.82) is 0 Å². The van der Waals surface area contributed by atoms with Gasteiger partial charge in [0, 0.05) is 27.8 Å². The van der Waals surface area contributed by atoms with Gasteiger partial charge in [0.2, 0.25) is 5.91 Å². The van der Waals surface area contributed by atoms with Gasteiger partial charge in [-0.3, -0.25) is 14.9 Å². The average Bonchev–Trinajstić information content (AvgIpc) is 2.84. The van der Waals surface area contributed by atoms with Crippen molar-refractivity contribution in [3.63, 3.8) is 0 Å². The van der Waals surface area contributed by atoms with Crippen molar-refractivity contribution in [2.24, 2.45) is 5.10 Å². The molecule has 0 saturated carbocycles. The highest BCUT2D eigenvalue weighted by atomic mass is 35.5. The standard InChI is InChI=1S/C26H20ClN3O4/c27-23-11-5-2-9-20(23)17-34-25-14-13-18-7-1-4-10-21(18)22(25)16-28-29-26(31)15-19-8-3-6-12-24(19)30(32)33/h1-14,16H,15,17H2,(H,29,31). The summed E-state index contributed by atoms with van der Waals surface area (Å²) in [6.07, 6.45) is 1.35. The second kappa shape index (κ2) is 10.6. The van der Waals surface area contributed by atoms with Gasteiger partial charge in [0.25, 0.3) is 5.69 Å². The SMILES string of the molecule is O=C(Cc1ccccc1[N+](=O)[O-])NN=Cc1c(OCc2ccccc2Cl)ccc2ccccc12. The highest BCUT2D eigenvalue weighted by molar-refractivity contribution is 6.31. The number of fused-ring (bicyclic) bond motifs is 1. The van der Waals surface area contributed by atoms with Crippen molar-refractivity contribution < 1.29 is 14.5 Å². The lowest BCUT2D eigenvalue weighted by atomic mass is 10.0. The molecule has 7 nitrogen and oxygen atoms in total. The largest absolute Gasteiger partial charge is 0.488 e. The zero-order chi connectivity index (χ0) is 23.9. The first-order valence-electron chi connectivity index (χ1n) is 10.4. The molecule has 0 saturated heterocycles. The van der Waals surface area contributed by atoms with Crippen molar-refractivity contribution in [2.45, 2.75) is 13.0 Å². The maximum Gasteiger partial charge on any atom is 0.273 e. The van der Waals surface area contributed by atoms with Crippen molar-refractivity contribution in [1.82, 2.24) is 5.43 Å². The van der Waals surface area contributed by atoms with E-state index in [0.717, 1.165) is 16.3 Å². The quantitative estimate of drug-likeness (QED) is 0.202. The van der Waals surface area contributed by atoms with E-state index in [0.29, 0.717) is 21.9 Å². The van der Waals surface area contributed by atoms with E-state index in [1.807, 2.05) is 54.6 Å². The number of nitro benzene ring substituents is 1. The molecule has 170 valence electrons. The van der Waals surface area contributed by atoms with Gasteiger partial charge in [-0.1, -0.05) is 78.3 Å². The third-order valence-corrected chi connectivity index (χ3v) is 5.56. The fourth-order valence-electron chi connectivity index (χ4n) is 3.53. The van der Waals surface area contributed by atoms with Gasteiger partial charge in [0.1, 0.15) is 12.4 Å². The molecule has 0 fully saturated rings. The minimum atomic E-state index is -0.509. The normalized spacial score (nSPS) is 11.0. The number of para-hydroxylation sites is 1. The number of carbonyl (C=O) groups excluding carboxylic acids is 1. The number of benzene rings is 4. The minimum Gasteiger partial charge on any atom is -0.488 e. The summed E-state index contributed by atoms with van der Waals surface area (Å²) >= 11 is 6.24. The van der Waals surface area contributed by atoms with Crippen LogP contribution in [0.5, 0.6) is 5.75 Å². The van der Waals surface area contributed by atoms with Crippen LogP contribution in [-0.2, 0) is 17.8 Å². The number of hydrogen-bond donors (Lipinski definition) is 1. The smallest absolute Gasteiger partial charge is 0.273 e. The summed E-state index contributed by atoms with van der Waals surface area (Å²) in [4.78, 5) is 23.0. The van der Waals surface area contributed by atoms with E-state index in [4.69, 9.17) is 16.3 Å². The molecule has 1 N–H and O–H groups in total. The molecule has 34 heavy (non-hydrogen) atoms. The van der Waals surface area contributed by atoms with Crippen molar-refractivity contribution >= 4 is 40.2 Å². The van der Waals surface area contributed by atoms with Crippen molar-refractivity contribution in [3.8, 4) is 5.75 Å². The monoisotopic (exact) mass is 473 g/mol. The van der Waals surface area contributed by atoms with Gasteiger partial charge in [0.05, 0.1) is 17.6 Å². The number of hydrogen-bond acceptors (Lipinski definition) is 5. The summed E-state index contributed by atoms with van der Waals surface area (Å²) in [5, 5.41) is 17.8. The van der Waals surface area contributed by atoms with Gasteiger partial charge in [-0.2, -0.15) is 5.10 Å². The lowest BCUT2D eigenvalue weighted by molar-refractivity contribution is -0.385. The van der Waals surface area contributed by atoms with E-state index in [1.165, 1.54) is 12.3 Å². The molecule has 0 aliphatic heterocycles. The molecule has 0 aromatic heterocycles.